The number of amides is 1. The average Bonchev–Trinajstić information content (AvgIpc) is 3.25. The van der Waals surface area contributed by atoms with E-state index in [0.29, 0.717) is 35.2 Å². The zero-order valence-corrected chi connectivity index (χ0v) is 16.3. The molecule has 1 amide bonds. The second-order valence-corrected chi connectivity index (χ2v) is 7.17. The molecule has 1 aromatic heterocycles. The van der Waals surface area contributed by atoms with Gasteiger partial charge in [0.25, 0.3) is 0 Å². The van der Waals surface area contributed by atoms with Crippen molar-refractivity contribution < 1.29 is 18.7 Å². The second kappa shape index (κ2) is 7.28. The minimum Gasteiger partial charge on any atom is -0.466 e. The van der Waals surface area contributed by atoms with Gasteiger partial charge in [-0.1, -0.05) is 17.7 Å². The highest BCUT2D eigenvalue weighted by Gasteiger charge is 2.36. The van der Waals surface area contributed by atoms with Crippen LogP contribution in [-0.4, -0.2) is 30.0 Å². The van der Waals surface area contributed by atoms with Gasteiger partial charge in [-0.05, 0) is 49.7 Å². The van der Waals surface area contributed by atoms with Crippen molar-refractivity contribution in [2.75, 3.05) is 18.1 Å². The third-order valence-electron chi connectivity index (χ3n) is 4.92. The topological polar surface area (TPSA) is 72.6 Å². The van der Waals surface area contributed by atoms with Crippen molar-refractivity contribution in [1.29, 1.82) is 0 Å². The number of halogens is 1. The SMILES string of the molecule is CCOC(=O)[C@@H]1CC(=O)N(c2cccc(-c3nc4cc(Cl)ccc4o3)c2C)C1. The number of hydrogen-bond acceptors (Lipinski definition) is 5. The Bertz CT molecular complexity index is 1080. The van der Waals surface area contributed by atoms with Crippen LogP contribution >= 0.6 is 11.6 Å². The summed E-state index contributed by atoms with van der Waals surface area (Å²) in [6.45, 7) is 4.29. The molecule has 0 saturated carbocycles. The highest BCUT2D eigenvalue weighted by Crippen LogP contribution is 2.35. The molecule has 0 radical (unpaired) electrons. The zero-order valence-electron chi connectivity index (χ0n) is 15.6. The molecule has 144 valence electrons. The van der Waals surface area contributed by atoms with Gasteiger partial charge in [-0.15, -0.1) is 0 Å². The number of fused-ring (bicyclic) bond motifs is 1. The van der Waals surface area contributed by atoms with Crippen LogP contribution < -0.4 is 4.90 Å². The minimum absolute atomic E-state index is 0.0948. The molecule has 4 rings (SSSR count). The fourth-order valence-corrected chi connectivity index (χ4v) is 3.69. The maximum Gasteiger partial charge on any atom is 0.311 e. The fraction of sp³-hybridized carbons (Fsp3) is 0.286. The van der Waals surface area contributed by atoms with Crippen molar-refractivity contribution in [3.63, 3.8) is 0 Å². The van der Waals surface area contributed by atoms with Crippen LogP contribution in [0, 0.1) is 12.8 Å². The third-order valence-corrected chi connectivity index (χ3v) is 5.16. The van der Waals surface area contributed by atoms with E-state index in [1.54, 1.807) is 30.0 Å². The number of nitrogens with zero attached hydrogens (tertiary/aromatic N) is 2. The van der Waals surface area contributed by atoms with Gasteiger partial charge in [-0.2, -0.15) is 0 Å². The Hall–Kier alpha value is -2.86. The smallest absolute Gasteiger partial charge is 0.311 e. The first-order valence-electron chi connectivity index (χ1n) is 9.11. The number of benzene rings is 2. The van der Waals surface area contributed by atoms with Gasteiger partial charge in [-0.25, -0.2) is 4.98 Å². The molecule has 0 spiro atoms. The lowest BCUT2D eigenvalue weighted by Gasteiger charge is -2.20. The largest absolute Gasteiger partial charge is 0.466 e. The summed E-state index contributed by atoms with van der Waals surface area (Å²) in [5.74, 6) is -0.405. The summed E-state index contributed by atoms with van der Waals surface area (Å²) < 4.78 is 10.9. The summed E-state index contributed by atoms with van der Waals surface area (Å²) in [7, 11) is 0. The van der Waals surface area contributed by atoms with Gasteiger partial charge in [0.15, 0.2) is 5.58 Å². The Balaban J connectivity index is 1.68. The number of rotatable bonds is 4. The summed E-state index contributed by atoms with van der Waals surface area (Å²) in [6.07, 6.45) is 0.157. The van der Waals surface area contributed by atoms with Gasteiger partial charge in [0.1, 0.15) is 5.52 Å². The molecule has 1 fully saturated rings. The molecule has 1 aliphatic heterocycles. The van der Waals surface area contributed by atoms with Gasteiger partial charge in [0.05, 0.1) is 12.5 Å². The normalized spacial score (nSPS) is 16.8. The van der Waals surface area contributed by atoms with Gasteiger partial charge >= 0.3 is 5.97 Å². The van der Waals surface area contributed by atoms with Crippen molar-refractivity contribution in [3.05, 3.63) is 47.0 Å². The van der Waals surface area contributed by atoms with Gasteiger partial charge < -0.3 is 14.1 Å². The van der Waals surface area contributed by atoms with Crippen LogP contribution in [0.1, 0.15) is 18.9 Å². The number of carbonyl (C=O) groups is 2. The molecule has 7 heteroatoms. The molecular weight excluding hydrogens is 380 g/mol. The number of ether oxygens (including phenoxy) is 1. The van der Waals surface area contributed by atoms with E-state index in [1.807, 2.05) is 25.1 Å². The number of aromatic nitrogens is 1. The minimum atomic E-state index is -0.443. The highest BCUT2D eigenvalue weighted by molar-refractivity contribution is 6.31. The lowest BCUT2D eigenvalue weighted by atomic mass is 10.1. The number of anilines is 1. The van der Waals surface area contributed by atoms with E-state index in [2.05, 4.69) is 4.98 Å². The Labute approximate surface area is 167 Å². The summed E-state index contributed by atoms with van der Waals surface area (Å²) in [5, 5.41) is 0.588. The molecule has 0 bridgehead atoms. The van der Waals surface area contributed by atoms with Crippen molar-refractivity contribution >= 4 is 40.3 Å². The monoisotopic (exact) mass is 398 g/mol. The van der Waals surface area contributed by atoms with Gasteiger partial charge in [0, 0.05) is 29.2 Å². The molecule has 2 heterocycles. The van der Waals surface area contributed by atoms with E-state index >= 15 is 0 Å². The van der Waals surface area contributed by atoms with Crippen molar-refractivity contribution in [1.82, 2.24) is 4.98 Å². The summed E-state index contributed by atoms with van der Waals surface area (Å²) in [5.41, 5.74) is 3.71. The first kappa shape index (κ1) is 18.5. The summed E-state index contributed by atoms with van der Waals surface area (Å²) in [4.78, 5) is 30.7. The fourth-order valence-electron chi connectivity index (χ4n) is 3.52. The first-order valence-corrected chi connectivity index (χ1v) is 9.48. The molecule has 3 aromatic rings. The van der Waals surface area contributed by atoms with E-state index in [1.165, 1.54) is 0 Å². The Morgan fingerprint density at radius 2 is 2.18 bits per heavy atom. The number of oxazole rings is 1. The lowest BCUT2D eigenvalue weighted by Crippen LogP contribution is -2.27. The van der Waals surface area contributed by atoms with E-state index in [0.717, 1.165) is 16.8 Å². The van der Waals surface area contributed by atoms with Crippen LogP contribution in [0.15, 0.2) is 40.8 Å². The maximum absolute atomic E-state index is 12.5. The quantitative estimate of drug-likeness (QED) is 0.610. The number of hydrogen-bond donors (Lipinski definition) is 0. The predicted octanol–water partition coefficient (Wildman–Crippen LogP) is 4.37. The maximum atomic E-state index is 12.5. The third kappa shape index (κ3) is 3.24. The summed E-state index contributed by atoms with van der Waals surface area (Å²) in [6, 6.07) is 10.9. The Kier molecular flexibility index (Phi) is 4.81. The standard InChI is InChI=1S/C21H19ClN2O4/c1-3-27-21(26)13-9-19(25)24(11-13)17-6-4-5-15(12(17)2)20-23-16-10-14(22)7-8-18(16)28-20/h4-8,10,13H,3,9,11H2,1-2H3/t13-/m1/s1. The van der Waals surface area contributed by atoms with Crippen molar-refractivity contribution in [2.24, 2.45) is 5.92 Å². The molecule has 6 nitrogen and oxygen atoms in total. The molecule has 1 saturated heterocycles. The number of esters is 1. The lowest BCUT2D eigenvalue weighted by molar-refractivity contribution is -0.147. The predicted molar refractivity (Wildman–Crippen MR) is 106 cm³/mol. The van der Waals surface area contributed by atoms with E-state index in [9.17, 15) is 9.59 Å². The highest BCUT2D eigenvalue weighted by atomic mass is 35.5. The number of carbonyl (C=O) groups excluding carboxylic acids is 2. The molecule has 0 N–H and O–H groups in total. The van der Waals surface area contributed by atoms with E-state index in [4.69, 9.17) is 20.8 Å². The van der Waals surface area contributed by atoms with Gasteiger partial charge in [-0.3, -0.25) is 9.59 Å². The van der Waals surface area contributed by atoms with Gasteiger partial charge in [0.2, 0.25) is 11.8 Å². The molecule has 1 aliphatic rings. The molecule has 1 atom stereocenters. The van der Waals surface area contributed by atoms with Crippen LogP contribution in [0.5, 0.6) is 0 Å². The van der Waals surface area contributed by atoms with E-state index < -0.39 is 5.92 Å². The van der Waals surface area contributed by atoms with E-state index in [-0.39, 0.29) is 18.3 Å². The van der Waals surface area contributed by atoms with Crippen LogP contribution in [-0.2, 0) is 14.3 Å². The summed E-state index contributed by atoms with van der Waals surface area (Å²) >= 11 is 6.03. The van der Waals surface area contributed by atoms with Crippen LogP contribution in [0.2, 0.25) is 5.02 Å². The Morgan fingerprint density at radius 1 is 1.36 bits per heavy atom. The Morgan fingerprint density at radius 3 is 2.96 bits per heavy atom. The first-order chi connectivity index (χ1) is 13.5. The van der Waals surface area contributed by atoms with Crippen LogP contribution in [0.3, 0.4) is 0 Å². The molecule has 28 heavy (non-hydrogen) atoms. The van der Waals surface area contributed by atoms with Crippen LogP contribution in [0.4, 0.5) is 5.69 Å². The second-order valence-electron chi connectivity index (χ2n) is 6.74. The zero-order chi connectivity index (χ0) is 19.8. The van der Waals surface area contributed by atoms with Crippen LogP contribution in [0.25, 0.3) is 22.6 Å². The average molecular weight is 399 g/mol. The molecular formula is C21H19ClN2O4. The molecule has 2 aromatic carbocycles. The molecule has 0 unspecified atom stereocenters. The molecule has 0 aliphatic carbocycles. The van der Waals surface area contributed by atoms with Crippen molar-refractivity contribution in [3.8, 4) is 11.5 Å². The van der Waals surface area contributed by atoms with Crippen molar-refractivity contribution in [2.45, 2.75) is 20.3 Å².